The monoisotopic (exact) mass is 450 g/mol. The Kier molecular flexibility index (Phi) is 8.13. The lowest BCUT2D eigenvalue weighted by Gasteiger charge is -2.17. The molecule has 0 saturated carbocycles. The molecule has 0 radical (unpaired) electrons. The number of nitrogens with one attached hydrogen (secondary N) is 2. The van der Waals surface area contributed by atoms with Crippen LogP contribution in [0, 0.1) is 0 Å². The summed E-state index contributed by atoms with van der Waals surface area (Å²) >= 11 is 0. The summed E-state index contributed by atoms with van der Waals surface area (Å²) in [6.07, 6.45) is 2.94. The van der Waals surface area contributed by atoms with Crippen molar-refractivity contribution in [1.82, 2.24) is 10.6 Å². The summed E-state index contributed by atoms with van der Waals surface area (Å²) in [6, 6.07) is 17.1. The third-order valence-electron chi connectivity index (χ3n) is 4.59. The maximum Gasteiger partial charge on any atom is 0.268 e. The summed E-state index contributed by atoms with van der Waals surface area (Å²) in [5, 5.41) is 5.48. The molecule has 3 rings (SSSR count). The number of carbonyl (C=O) groups is 2. The highest BCUT2D eigenvalue weighted by Crippen LogP contribution is 2.27. The van der Waals surface area contributed by atoms with E-state index in [9.17, 15) is 9.59 Å². The molecule has 3 aromatic rings. The Hall–Kier alpha value is -4.20. The van der Waals surface area contributed by atoms with E-state index in [1.54, 1.807) is 24.3 Å². The molecule has 0 aliphatic carbocycles. The summed E-state index contributed by atoms with van der Waals surface area (Å²) in [5.74, 6) is 1.04. The molecule has 2 aromatic carbocycles. The molecular formula is C25H26N2O6. The van der Waals surface area contributed by atoms with Crippen LogP contribution < -0.4 is 24.8 Å². The molecule has 0 spiro atoms. The molecule has 1 aromatic heterocycles. The van der Waals surface area contributed by atoms with Gasteiger partial charge >= 0.3 is 0 Å². The van der Waals surface area contributed by atoms with Gasteiger partial charge in [0.1, 0.15) is 23.8 Å². The third kappa shape index (κ3) is 6.64. The van der Waals surface area contributed by atoms with Crippen LogP contribution in [-0.2, 0) is 4.79 Å². The fraction of sp³-hybridized carbons (Fsp3) is 0.200. The molecule has 0 bridgehead atoms. The van der Waals surface area contributed by atoms with Crippen LogP contribution in [0.1, 0.15) is 23.0 Å². The standard InChI is InChI=1S/C25H26N2O6/c1-17(16-33-19-8-5-4-6-9-19)26-25(29)21(15-20-10-7-13-32-20)27-24(28)18-11-12-22(30-2)23(14-18)31-3/h4-15,17H,16H2,1-3H3,(H,26,29)(H,27,28)/b21-15-/t17-/m0/s1. The second-order valence-corrected chi connectivity index (χ2v) is 7.10. The van der Waals surface area contributed by atoms with Crippen molar-refractivity contribution < 1.29 is 28.2 Å². The summed E-state index contributed by atoms with van der Waals surface area (Å²) in [5.41, 5.74) is 0.322. The van der Waals surface area contributed by atoms with Gasteiger partial charge in [0, 0.05) is 11.6 Å². The van der Waals surface area contributed by atoms with Crippen molar-refractivity contribution in [2.45, 2.75) is 13.0 Å². The van der Waals surface area contributed by atoms with E-state index >= 15 is 0 Å². The minimum Gasteiger partial charge on any atom is -0.493 e. The topological polar surface area (TPSA) is 99.0 Å². The molecule has 2 N–H and O–H groups in total. The molecule has 0 saturated heterocycles. The van der Waals surface area contributed by atoms with Gasteiger partial charge in [0.25, 0.3) is 11.8 Å². The van der Waals surface area contributed by atoms with Gasteiger partial charge in [-0.2, -0.15) is 0 Å². The summed E-state index contributed by atoms with van der Waals surface area (Å²) < 4.78 is 21.5. The van der Waals surface area contributed by atoms with E-state index in [2.05, 4.69) is 10.6 Å². The maximum absolute atomic E-state index is 12.9. The average molecular weight is 450 g/mol. The number of furan rings is 1. The van der Waals surface area contributed by atoms with Crippen molar-refractivity contribution in [2.75, 3.05) is 20.8 Å². The van der Waals surface area contributed by atoms with Crippen molar-refractivity contribution in [2.24, 2.45) is 0 Å². The Labute approximate surface area is 192 Å². The number of hydrogen-bond donors (Lipinski definition) is 2. The lowest BCUT2D eigenvalue weighted by molar-refractivity contribution is -0.118. The first kappa shape index (κ1) is 23.5. The van der Waals surface area contributed by atoms with Crippen molar-refractivity contribution >= 4 is 17.9 Å². The van der Waals surface area contributed by atoms with Gasteiger partial charge < -0.3 is 29.3 Å². The SMILES string of the molecule is COc1ccc(C(=O)N/C(=C\c2ccco2)C(=O)N[C@@H](C)COc2ccccc2)cc1OC. The van der Waals surface area contributed by atoms with Crippen LogP contribution in [0.25, 0.3) is 6.08 Å². The minimum atomic E-state index is -0.489. The van der Waals surface area contributed by atoms with E-state index in [1.165, 1.54) is 32.6 Å². The number of methoxy groups -OCH3 is 2. The number of ether oxygens (including phenoxy) is 3. The molecule has 0 aliphatic rings. The van der Waals surface area contributed by atoms with Crippen molar-refractivity contribution in [1.29, 1.82) is 0 Å². The quantitative estimate of drug-likeness (QED) is 0.458. The summed E-state index contributed by atoms with van der Waals surface area (Å²) in [4.78, 5) is 25.8. The molecule has 2 amide bonds. The van der Waals surface area contributed by atoms with Gasteiger partial charge in [0.15, 0.2) is 11.5 Å². The van der Waals surface area contributed by atoms with Gasteiger partial charge in [-0.3, -0.25) is 9.59 Å². The molecule has 0 fully saturated rings. The van der Waals surface area contributed by atoms with Crippen molar-refractivity contribution in [3.63, 3.8) is 0 Å². The summed E-state index contributed by atoms with van der Waals surface area (Å²) in [7, 11) is 2.99. The van der Waals surface area contributed by atoms with Gasteiger partial charge in [-0.15, -0.1) is 0 Å². The number of para-hydroxylation sites is 1. The number of hydrogen-bond acceptors (Lipinski definition) is 6. The largest absolute Gasteiger partial charge is 0.493 e. The van der Waals surface area contributed by atoms with Crippen LogP contribution in [0.5, 0.6) is 17.2 Å². The predicted octanol–water partition coefficient (Wildman–Crippen LogP) is 3.65. The zero-order valence-electron chi connectivity index (χ0n) is 18.7. The molecule has 33 heavy (non-hydrogen) atoms. The molecule has 1 heterocycles. The van der Waals surface area contributed by atoms with Crippen LogP contribution >= 0.6 is 0 Å². The molecule has 8 heteroatoms. The van der Waals surface area contributed by atoms with E-state index in [0.717, 1.165) is 0 Å². The smallest absolute Gasteiger partial charge is 0.268 e. The molecule has 0 aliphatic heterocycles. The zero-order valence-corrected chi connectivity index (χ0v) is 18.7. The first-order valence-electron chi connectivity index (χ1n) is 10.3. The van der Waals surface area contributed by atoms with E-state index in [1.807, 2.05) is 37.3 Å². The Morgan fingerprint density at radius 3 is 2.42 bits per heavy atom. The Morgan fingerprint density at radius 2 is 1.76 bits per heavy atom. The maximum atomic E-state index is 12.9. The Balaban J connectivity index is 1.72. The van der Waals surface area contributed by atoms with Gasteiger partial charge in [0.05, 0.1) is 26.5 Å². The number of amides is 2. The first-order valence-corrected chi connectivity index (χ1v) is 10.3. The van der Waals surface area contributed by atoms with Gasteiger partial charge in [0.2, 0.25) is 0 Å². The Morgan fingerprint density at radius 1 is 1.00 bits per heavy atom. The van der Waals surface area contributed by atoms with Gasteiger partial charge in [-0.25, -0.2) is 0 Å². The van der Waals surface area contributed by atoms with Crippen LogP contribution in [0.2, 0.25) is 0 Å². The van der Waals surface area contributed by atoms with Gasteiger partial charge in [-0.1, -0.05) is 18.2 Å². The van der Waals surface area contributed by atoms with E-state index in [0.29, 0.717) is 28.6 Å². The molecule has 172 valence electrons. The van der Waals surface area contributed by atoms with E-state index in [-0.39, 0.29) is 18.3 Å². The Bertz CT molecular complexity index is 1090. The fourth-order valence-corrected chi connectivity index (χ4v) is 2.93. The lowest BCUT2D eigenvalue weighted by Crippen LogP contribution is -2.41. The number of rotatable bonds is 10. The number of benzene rings is 2. The normalized spacial score (nSPS) is 11.9. The molecule has 0 unspecified atom stereocenters. The fourth-order valence-electron chi connectivity index (χ4n) is 2.93. The predicted molar refractivity (Wildman–Crippen MR) is 123 cm³/mol. The highest BCUT2D eigenvalue weighted by atomic mass is 16.5. The van der Waals surface area contributed by atoms with Crippen molar-refractivity contribution in [3.05, 3.63) is 83.9 Å². The van der Waals surface area contributed by atoms with Gasteiger partial charge in [-0.05, 0) is 49.4 Å². The minimum absolute atomic E-state index is 0.0243. The highest BCUT2D eigenvalue weighted by molar-refractivity contribution is 6.05. The van der Waals surface area contributed by atoms with E-state index in [4.69, 9.17) is 18.6 Å². The van der Waals surface area contributed by atoms with Crippen LogP contribution in [0.4, 0.5) is 0 Å². The summed E-state index contributed by atoms with van der Waals surface area (Å²) in [6.45, 7) is 2.06. The average Bonchev–Trinajstić information content (AvgIpc) is 3.35. The van der Waals surface area contributed by atoms with Crippen LogP contribution in [0.3, 0.4) is 0 Å². The zero-order chi connectivity index (χ0) is 23.6. The second-order valence-electron chi connectivity index (χ2n) is 7.10. The molecule has 1 atom stereocenters. The highest BCUT2D eigenvalue weighted by Gasteiger charge is 2.18. The van der Waals surface area contributed by atoms with E-state index < -0.39 is 11.8 Å². The molecule has 8 nitrogen and oxygen atoms in total. The second kappa shape index (κ2) is 11.4. The molecular weight excluding hydrogens is 424 g/mol. The lowest BCUT2D eigenvalue weighted by atomic mass is 10.1. The van der Waals surface area contributed by atoms with Crippen molar-refractivity contribution in [3.8, 4) is 17.2 Å². The third-order valence-corrected chi connectivity index (χ3v) is 4.59. The first-order chi connectivity index (χ1) is 16.0. The van der Waals surface area contributed by atoms with Crippen LogP contribution in [-0.4, -0.2) is 38.7 Å². The van der Waals surface area contributed by atoms with Crippen LogP contribution in [0.15, 0.2) is 77.0 Å². The number of carbonyl (C=O) groups excluding carboxylic acids is 2.